The third-order valence-corrected chi connectivity index (χ3v) is 7.86. The Bertz CT molecular complexity index is 3040. The van der Waals surface area contributed by atoms with Crippen molar-refractivity contribution in [2.75, 3.05) is 9.80 Å². The minimum Gasteiger partial charge on any atom is -0.453 e. The SMILES string of the molecule is [2H]c1c([2H])c([2H])c2c(c1[2H])Oc1c([2H])c([2H])c([2H])c([2H])c1N2c1ccc2c3ccc(N4c5c([2H])c([2H])c([2H])c([2H])c5Oc5c([2H])c([2H])c([2H])c([2H])c54)cc3c3nccnc3c2c1. The minimum atomic E-state index is -0.603. The summed E-state index contributed by atoms with van der Waals surface area (Å²) in [5.74, 6) is -1.37. The van der Waals surface area contributed by atoms with Crippen molar-refractivity contribution < 1.29 is 31.4 Å². The van der Waals surface area contributed by atoms with Gasteiger partial charge in [-0.15, -0.1) is 0 Å². The second kappa shape index (κ2) is 9.55. The number of benzene rings is 7. The van der Waals surface area contributed by atoms with Crippen LogP contribution in [0.1, 0.15) is 21.9 Å². The van der Waals surface area contributed by atoms with Crippen molar-refractivity contribution in [2.24, 2.45) is 0 Å². The molecule has 6 heteroatoms. The Morgan fingerprint density at radius 2 is 0.783 bits per heavy atom. The number of rotatable bonds is 2. The van der Waals surface area contributed by atoms with Gasteiger partial charge < -0.3 is 19.3 Å². The van der Waals surface area contributed by atoms with Crippen LogP contribution in [-0.2, 0) is 0 Å². The van der Waals surface area contributed by atoms with Gasteiger partial charge in [-0.05, 0) is 83.4 Å². The molecule has 0 fully saturated rings. The third kappa shape index (κ3) is 3.58. The Morgan fingerprint density at radius 1 is 0.435 bits per heavy atom. The Hall–Kier alpha value is -6.40. The molecule has 0 atom stereocenters. The zero-order chi connectivity index (χ0) is 44.1. The highest BCUT2D eigenvalue weighted by molar-refractivity contribution is 6.24. The van der Waals surface area contributed by atoms with E-state index in [9.17, 15) is 0 Å². The number of aromatic nitrogens is 2. The number of fused-ring (bicyclic) bond motifs is 10. The summed E-state index contributed by atoms with van der Waals surface area (Å²) in [6.45, 7) is 0. The van der Waals surface area contributed by atoms with Crippen molar-refractivity contribution in [1.29, 1.82) is 0 Å². The lowest BCUT2D eigenvalue weighted by atomic mass is 9.97. The second-order valence-corrected chi connectivity index (χ2v) is 10.3. The highest BCUT2D eigenvalue weighted by Gasteiger charge is 2.28. The number of nitrogens with zero attached hydrogens (tertiary/aromatic N) is 4. The van der Waals surface area contributed by atoms with Crippen molar-refractivity contribution in [3.63, 3.8) is 0 Å². The molecule has 7 aromatic carbocycles. The molecule has 6 nitrogen and oxygen atoms in total. The lowest BCUT2D eigenvalue weighted by Gasteiger charge is -2.33. The lowest BCUT2D eigenvalue weighted by molar-refractivity contribution is 0.477. The summed E-state index contributed by atoms with van der Waals surface area (Å²) in [6.07, 6.45) is 2.91. The monoisotopic (exact) mass is 608 g/mol. The van der Waals surface area contributed by atoms with Gasteiger partial charge >= 0.3 is 0 Å². The largest absolute Gasteiger partial charge is 0.453 e. The number of para-hydroxylation sites is 8. The maximum atomic E-state index is 8.92. The zero-order valence-electron chi connectivity index (χ0n) is 39.2. The number of ether oxygens (including phenoxy) is 2. The van der Waals surface area contributed by atoms with Gasteiger partial charge in [-0.25, -0.2) is 0 Å². The van der Waals surface area contributed by atoms with Crippen molar-refractivity contribution in [1.82, 2.24) is 9.97 Å². The molecular formula is C40H24N4O2. The smallest absolute Gasteiger partial charge is 0.151 e. The molecule has 0 N–H and O–H groups in total. The van der Waals surface area contributed by atoms with E-state index in [0.29, 0.717) is 32.6 Å². The molecule has 10 rings (SSSR count). The van der Waals surface area contributed by atoms with Crippen LogP contribution in [0.4, 0.5) is 34.1 Å². The third-order valence-electron chi connectivity index (χ3n) is 7.86. The van der Waals surface area contributed by atoms with Gasteiger partial charge in [-0.1, -0.05) is 60.5 Å². The van der Waals surface area contributed by atoms with Gasteiger partial charge in [0.25, 0.3) is 0 Å². The van der Waals surface area contributed by atoms with Gasteiger partial charge in [-0.3, -0.25) is 9.97 Å². The predicted octanol–water partition coefficient (Wildman–Crippen LogP) is 11.1. The first-order valence-corrected chi connectivity index (χ1v) is 13.9. The van der Waals surface area contributed by atoms with E-state index in [-0.39, 0.29) is 57.1 Å². The summed E-state index contributed by atoms with van der Waals surface area (Å²) in [4.78, 5) is 12.0. The average Bonchev–Trinajstić information content (AvgIpc) is 3.29. The van der Waals surface area contributed by atoms with E-state index >= 15 is 0 Å². The lowest BCUT2D eigenvalue weighted by Crippen LogP contribution is -2.15. The highest BCUT2D eigenvalue weighted by atomic mass is 16.5. The van der Waals surface area contributed by atoms with E-state index < -0.39 is 96.7 Å². The molecule has 46 heavy (non-hydrogen) atoms. The molecule has 0 saturated heterocycles. The van der Waals surface area contributed by atoms with Crippen molar-refractivity contribution in [3.05, 3.63) is 145 Å². The molecular weight excluding hydrogens is 568 g/mol. The summed E-state index contributed by atoms with van der Waals surface area (Å²) in [5, 5.41) is 2.14. The Labute approximate surface area is 286 Å². The molecule has 2 aliphatic heterocycles. The Kier molecular flexibility index (Phi) is 2.93. The molecule has 0 aliphatic carbocycles. The molecule has 3 heterocycles. The molecule has 0 saturated carbocycles. The molecule has 8 aromatic rings. The molecule has 1 aromatic heterocycles. The standard InChI is InChI=1S/C40H24N4O2/c1-5-13-35-31(9-1)43(32-10-2-6-14-36(32)45-35)25-17-19-27-28-20-18-26(24-30(28)40-39(29(27)23-25)41-21-22-42-40)44-33-11-3-7-15-37(33)46-38-16-8-4-12-34(38)44/h1-24H/i1D,2D,3D,4D,5D,6D,7D,8D,9D,10D,11D,12D,13D,14D,15D,16D. The van der Waals surface area contributed by atoms with Crippen LogP contribution < -0.4 is 19.3 Å². The predicted molar refractivity (Wildman–Crippen MR) is 184 cm³/mol. The van der Waals surface area contributed by atoms with Crippen LogP contribution in [0.3, 0.4) is 0 Å². The van der Waals surface area contributed by atoms with E-state index in [1.54, 1.807) is 36.4 Å². The van der Waals surface area contributed by atoms with Crippen LogP contribution in [0, 0.1) is 0 Å². The molecule has 0 amide bonds. The summed E-state index contributed by atoms with van der Waals surface area (Å²) >= 11 is 0. The van der Waals surface area contributed by atoms with Crippen LogP contribution >= 0.6 is 0 Å². The summed E-state index contributed by atoms with van der Waals surface area (Å²) < 4.78 is 149. The Morgan fingerprint density at radius 3 is 1.15 bits per heavy atom. The normalized spacial score (nSPS) is 17.9. The molecule has 216 valence electrons. The number of anilines is 6. The van der Waals surface area contributed by atoms with Crippen LogP contribution in [0.25, 0.3) is 32.6 Å². The molecule has 2 aliphatic rings. The molecule has 0 bridgehead atoms. The van der Waals surface area contributed by atoms with E-state index in [2.05, 4.69) is 9.97 Å². The first-order chi connectivity index (χ1) is 29.5. The molecule has 0 unspecified atom stereocenters. The maximum Gasteiger partial charge on any atom is 0.151 e. The molecule has 0 spiro atoms. The van der Waals surface area contributed by atoms with Gasteiger partial charge in [0, 0.05) is 34.5 Å². The molecule has 0 radical (unpaired) electrons. The zero-order valence-corrected chi connectivity index (χ0v) is 23.2. The fourth-order valence-electron chi connectivity index (χ4n) is 5.98. The van der Waals surface area contributed by atoms with E-state index in [1.807, 2.05) is 0 Å². The van der Waals surface area contributed by atoms with Crippen LogP contribution in [0.5, 0.6) is 23.0 Å². The van der Waals surface area contributed by atoms with Gasteiger partial charge in [0.2, 0.25) is 0 Å². The number of hydrogen-bond acceptors (Lipinski definition) is 6. The first-order valence-electron chi connectivity index (χ1n) is 21.9. The Balaban J connectivity index is 1.25. The van der Waals surface area contributed by atoms with Crippen molar-refractivity contribution in [3.8, 4) is 23.0 Å². The van der Waals surface area contributed by atoms with Crippen LogP contribution in [0.2, 0.25) is 0 Å². The topological polar surface area (TPSA) is 50.7 Å². The maximum absolute atomic E-state index is 8.92. The van der Waals surface area contributed by atoms with Crippen LogP contribution in [0.15, 0.2) is 145 Å². The van der Waals surface area contributed by atoms with E-state index in [0.717, 1.165) is 0 Å². The highest BCUT2D eigenvalue weighted by Crippen LogP contribution is 2.52. The quantitative estimate of drug-likeness (QED) is 0.182. The van der Waals surface area contributed by atoms with Crippen molar-refractivity contribution in [2.45, 2.75) is 0 Å². The summed E-state index contributed by atoms with van der Waals surface area (Å²) in [7, 11) is 0. The second-order valence-electron chi connectivity index (χ2n) is 10.3. The van der Waals surface area contributed by atoms with E-state index in [1.165, 1.54) is 22.2 Å². The first kappa shape index (κ1) is 14.1. The summed E-state index contributed by atoms with van der Waals surface area (Å²) in [5.41, 5.74) is 0.383. The minimum absolute atomic E-state index is 0.185. The van der Waals surface area contributed by atoms with Crippen LogP contribution in [-0.4, -0.2) is 9.97 Å². The van der Waals surface area contributed by atoms with Gasteiger partial charge in [0.1, 0.15) is 0 Å². The van der Waals surface area contributed by atoms with Gasteiger partial charge in [0.15, 0.2) is 23.0 Å². The fourth-order valence-corrected chi connectivity index (χ4v) is 5.98. The number of hydrogen-bond donors (Lipinski definition) is 0. The summed E-state index contributed by atoms with van der Waals surface area (Å²) in [6, 6.07) is 0.860. The van der Waals surface area contributed by atoms with Gasteiger partial charge in [0.05, 0.1) is 55.7 Å². The van der Waals surface area contributed by atoms with Gasteiger partial charge in [-0.2, -0.15) is 0 Å². The van der Waals surface area contributed by atoms with Crippen molar-refractivity contribution >= 4 is 66.7 Å². The average molecular weight is 609 g/mol. The fraction of sp³-hybridized carbons (Fsp3) is 0. The van der Waals surface area contributed by atoms with E-state index in [4.69, 9.17) is 31.4 Å².